The molecule has 0 saturated heterocycles. The van der Waals surface area contributed by atoms with Crippen LogP contribution in [0.3, 0.4) is 0 Å². The topological polar surface area (TPSA) is 75.8 Å². The minimum absolute atomic E-state index is 0.309. The van der Waals surface area contributed by atoms with Crippen LogP contribution in [0.2, 0.25) is 5.02 Å². The number of amides is 1. The van der Waals surface area contributed by atoms with Crippen molar-refractivity contribution in [1.29, 1.82) is 0 Å². The zero-order chi connectivity index (χ0) is 11.4. The van der Waals surface area contributed by atoms with Crippen LogP contribution in [0.1, 0.15) is 0 Å². The maximum Gasteiger partial charge on any atom is 0.266 e. The first-order valence-electron chi connectivity index (χ1n) is 4.12. The summed E-state index contributed by atoms with van der Waals surface area (Å²) in [6.07, 6.45) is 0. The summed E-state index contributed by atoms with van der Waals surface area (Å²) in [5.74, 6) is 5.24. The van der Waals surface area contributed by atoms with Gasteiger partial charge in [-0.1, -0.05) is 11.6 Å². The SMILES string of the molecule is COc1ccc(Cl)cc1N(N)C(=O)CO. The van der Waals surface area contributed by atoms with Crippen molar-refractivity contribution in [2.75, 3.05) is 18.7 Å². The van der Waals surface area contributed by atoms with E-state index in [4.69, 9.17) is 27.3 Å². The van der Waals surface area contributed by atoms with E-state index in [9.17, 15) is 4.79 Å². The molecule has 15 heavy (non-hydrogen) atoms. The molecule has 0 radical (unpaired) electrons. The van der Waals surface area contributed by atoms with Crippen LogP contribution < -0.4 is 15.6 Å². The van der Waals surface area contributed by atoms with E-state index in [0.29, 0.717) is 16.5 Å². The minimum atomic E-state index is -0.674. The maximum absolute atomic E-state index is 11.1. The number of hydrogen-bond acceptors (Lipinski definition) is 4. The monoisotopic (exact) mass is 230 g/mol. The van der Waals surface area contributed by atoms with Gasteiger partial charge in [-0.2, -0.15) is 0 Å². The highest BCUT2D eigenvalue weighted by Crippen LogP contribution is 2.29. The van der Waals surface area contributed by atoms with Gasteiger partial charge in [0.15, 0.2) is 0 Å². The van der Waals surface area contributed by atoms with E-state index >= 15 is 0 Å². The Balaban J connectivity index is 3.10. The lowest BCUT2D eigenvalue weighted by Crippen LogP contribution is -2.39. The average Bonchev–Trinajstić information content (AvgIpc) is 2.27. The number of methoxy groups -OCH3 is 1. The van der Waals surface area contributed by atoms with Gasteiger partial charge in [-0.15, -0.1) is 0 Å². The fourth-order valence-corrected chi connectivity index (χ4v) is 1.23. The molecule has 0 aromatic heterocycles. The minimum Gasteiger partial charge on any atom is -0.495 e. The van der Waals surface area contributed by atoms with E-state index in [-0.39, 0.29) is 0 Å². The second-order valence-electron chi connectivity index (χ2n) is 2.74. The molecule has 5 nitrogen and oxygen atoms in total. The molecule has 1 rings (SSSR count). The predicted octanol–water partition coefficient (Wildman–Crippen LogP) is 0.548. The average molecular weight is 231 g/mol. The number of aliphatic hydroxyl groups is 1. The predicted molar refractivity (Wildman–Crippen MR) is 56.8 cm³/mol. The van der Waals surface area contributed by atoms with E-state index in [1.165, 1.54) is 13.2 Å². The Morgan fingerprint density at radius 1 is 1.67 bits per heavy atom. The number of rotatable bonds is 3. The molecule has 0 aliphatic heterocycles. The van der Waals surface area contributed by atoms with Crippen LogP contribution >= 0.6 is 11.6 Å². The number of halogens is 1. The Morgan fingerprint density at radius 2 is 2.33 bits per heavy atom. The summed E-state index contributed by atoms with van der Waals surface area (Å²) >= 11 is 5.75. The van der Waals surface area contributed by atoms with Gasteiger partial charge in [0, 0.05) is 5.02 Å². The normalized spacial score (nSPS) is 9.87. The quantitative estimate of drug-likeness (QED) is 0.452. The summed E-state index contributed by atoms with van der Waals surface area (Å²) in [4.78, 5) is 11.1. The number of hydrogen-bond donors (Lipinski definition) is 2. The van der Waals surface area contributed by atoms with Crippen molar-refractivity contribution in [3.8, 4) is 5.75 Å². The standard InChI is InChI=1S/C9H11ClN2O3/c1-15-8-3-2-6(10)4-7(8)12(11)9(14)5-13/h2-4,13H,5,11H2,1H3. The van der Waals surface area contributed by atoms with E-state index in [1.807, 2.05) is 0 Å². The molecule has 0 saturated carbocycles. The van der Waals surface area contributed by atoms with Crippen molar-refractivity contribution >= 4 is 23.2 Å². The van der Waals surface area contributed by atoms with E-state index in [2.05, 4.69) is 0 Å². The Labute approximate surface area is 92.0 Å². The summed E-state index contributed by atoms with van der Waals surface area (Å²) < 4.78 is 5.00. The summed E-state index contributed by atoms with van der Waals surface area (Å²) in [6, 6.07) is 4.68. The van der Waals surface area contributed by atoms with Gasteiger partial charge in [-0.05, 0) is 18.2 Å². The molecule has 1 aromatic rings. The van der Waals surface area contributed by atoms with Crippen LogP contribution in [0, 0.1) is 0 Å². The fraction of sp³-hybridized carbons (Fsp3) is 0.222. The Kier molecular flexibility index (Phi) is 3.90. The molecule has 0 spiro atoms. The van der Waals surface area contributed by atoms with Gasteiger partial charge in [0.1, 0.15) is 18.0 Å². The molecule has 0 atom stereocenters. The second-order valence-corrected chi connectivity index (χ2v) is 3.17. The zero-order valence-corrected chi connectivity index (χ0v) is 8.86. The van der Waals surface area contributed by atoms with Crippen molar-refractivity contribution in [1.82, 2.24) is 0 Å². The van der Waals surface area contributed by atoms with Crippen molar-refractivity contribution in [2.45, 2.75) is 0 Å². The van der Waals surface area contributed by atoms with Gasteiger partial charge in [-0.25, -0.2) is 10.9 Å². The molecule has 0 aliphatic rings. The Hall–Kier alpha value is -1.30. The zero-order valence-electron chi connectivity index (χ0n) is 8.11. The molecule has 6 heteroatoms. The van der Waals surface area contributed by atoms with Gasteiger partial charge in [0.25, 0.3) is 5.91 Å². The van der Waals surface area contributed by atoms with E-state index in [1.54, 1.807) is 12.1 Å². The number of carbonyl (C=O) groups is 1. The lowest BCUT2D eigenvalue weighted by Gasteiger charge is -2.18. The van der Waals surface area contributed by atoms with Crippen LogP contribution in [0.15, 0.2) is 18.2 Å². The molecule has 82 valence electrons. The number of nitrogens with zero attached hydrogens (tertiary/aromatic N) is 1. The largest absolute Gasteiger partial charge is 0.495 e. The van der Waals surface area contributed by atoms with Crippen LogP contribution in [-0.2, 0) is 4.79 Å². The van der Waals surface area contributed by atoms with E-state index in [0.717, 1.165) is 5.01 Å². The van der Waals surface area contributed by atoms with E-state index < -0.39 is 12.5 Å². The van der Waals surface area contributed by atoms with Gasteiger partial charge >= 0.3 is 0 Å². The van der Waals surface area contributed by atoms with Gasteiger partial charge in [0.2, 0.25) is 0 Å². The van der Waals surface area contributed by atoms with Gasteiger partial charge in [0.05, 0.1) is 7.11 Å². The Bertz CT molecular complexity index is 370. The highest BCUT2D eigenvalue weighted by molar-refractivity contribution is 6.31. The summed E-state index contributed by atoms with van der Waals surface area (Å²) in [6.45, 7) is -0.674. The van der Waals surface area contributed by atoms with Crippen molar-refractivity contribution in [3.05, 3.63) is 23.2 Å². The van der Waals surface area contributed by atoms with Crippen molar-refractivity contribution in [3.63, 3.8) is 0 Å². The smallest absolute Gasteiger partial charge is 0.266 e. The van der Waals surface area contributed by atoms with Crippen LogP contribution in [0.25, 0.3) is 0 Å². The number of carbonyl (C=O) groups excluding carboxylic acids is 1. The van der Waals surface area contributed by atoms with Gasteiger partial charge < -0.3 is 9.84 Å². The molecule has 3 N–H and O–H groups in total. The molecule has 1 aromatic carbocycles. The number of aliphatic hydroxyl groups excluding tert-OH is 1. The summed E-state index contributed by atoms with van der Waals surface area (Å²) in [5, 5.41) is 9.87. The van der Waals surface area contributed by atoms with Crippen LogP contribution in [0.5, 0.6) is 5.75 Å². The molecule has 0 aliphatic carbocycles. The second kappa shape index (κ2) is 4.97. The summed E-state index contributed by atoms with van der Waals surface area (Å²) in [7, 11) is 1.45. The number of hydrazine groups is 1. The number of ether oxygens (including phenoxy) is 1. The molecule has 0 heterocycles. The third-order valence-corrected chi connectivity index (χ3v) is 2.04. The van der Waals surface area contributed by atoms with Crippen molar-refractivity contribution < 1.29 is 14.6 Å². The Morgan fingerprint density at radius 3 is 2.87 bits per heavy atom. The first-order valence-corrected chi connectivity index (χ1v) is 4.50. The van der Waals surface area contributed by atoms with Crippen LogP contribution in [0.4, 0.5) is 5.69 Å². The molecule has 0 bridgehead atoms. The third-order valence-electron chi connectivity index (χ3n) is 1.80. The number of benzene rings is 1. The lowest BCUT2D eigenvalue weighted by atomic mass is 10.3. The number of nitrogens with two attached hydrogens (primary N) is 1. The summed E-state index contributed by atoms with van der Waals surface area (Å²) in [5.41, 5.74) is 0.309. The molecule has 1 amide bonds. The van der Waals surface area contributed by atoms with Gasteiger partial charge in [-0.3, -0.25) is 4.79 Å². The third kappa shape index (κ3) is 2.59. The number of anilines is 1. The molecular formula is C9H11ClN2O3. The first kappa shape index (κ1) is 11.8. The molecule has 0 fully saturated rings. The maximum atomic E-state index is 11.1. The first-order chi connectivity index (χ1) is 7.10. The van der Waals surface area contributed by atoms with Crippen molar-refractivity contribution in [2.24, 2.45) is 5.84 Å². The fourth-order valence-electron chi connectivity index (χ4n) is 1.06. The highest BCUT2D eigenvalue weighted by atomic mass is 35.5. The van der Waals surface area contributed by atoms with Crippen LogP contribution in [-0.4, -0.2) is 24.7 Å². The lowest BCUT2D eigenvalue weighted by molar-refractivity contribution is -0.121. The molecule has 0 unspecified atom stereocenters. The highest BCUT2D eigenvalue weighted by Gasteiger charge is 2.15. The molecular weight excluding hydrogens is 220 g/mol.